The standard InChI is InChI=1S/C12H14O5/c1-7(17-6-13)4-9-8(2)10(14)5-11(16-3)12(9)15/h5-7H,4H2,1-3H3/t7-/m0/s1. The minimum Gasteiger partial charge on any atom is -0.493 e. The first-order valence-electron chi connectivity index (χ1n) is 5.14. The summed E-state index contributed by atoms with van der Waals surface area (Å²) in [4.78, 5) is 33.7. The SMILES string of the molecule is COC1=CC(=O)C(C)=C(C[C@H](C)OC=O)C1=O. The van der Waals surface area contributed by atoms with Crippen LogP contribution >= 0.6 is 0 Å². The van der Waals surface area contributed by atoms with Gasteiger partial charge in [0.15, 0.2) is 11.5 Å². The molecule has 0 aromatic carbocycles. The first-order chi connectivity index (χ1) is 8.01. The van der Waals surface area contributed by atoms with Crippen molar-refractivity contribution in [1.29, 1.82) is 0 Å². The van der Waals surface area contributed by atoms with Gasteiger partial charge in [0.1, 0.15) is 6.10 Å². The lowest BCUT2D eigenvalue weighted by molar-refractivity contribution is -0.133. The van der Waals surface area contributed by atoms with Gasteiger partial charge in [-0.25, -0.2) is 0 Å². The van der Waals surface area contributed by atoms with Gasteiger partial charge in [0.2, 0.25) is 5.78 Å². The number of ether oxygens (including phenoxy) is 2. The predicted octanol–water partition coefficient (Wildman–Crippen LogP) is 0.937. The second-order valence-electron chi connectivity index (χ2n) is 3.76. The van der Waals surface area contributed by atoms with E-state index < -0.39 is 6.10 Å². The van der Waals surface area contributed by atoms with Gasteiger partial charge in [0, 0.05) is 23.6 Å². The van der Waals surface area contributed by atoms with Crippen LogP contribution in [0.4, 0.5) is 0 Å². The van der Waals surface area contributed by atoms with Crippen molar-refractivity contribution in [3.8, 4) is 0 Å². The summed E-state index contributed by atoms with van der Waals surface area (Å²) in [6.45, 7) is 3.55. The lowest BCUT2D eigenvalue weighted by Crippen LogP contribution is -2.22. The Bertz CT molecular complexity index is 417. The smallest absolute Gasteiger partial charge is 0.293 e. The summed E-state index contributed by atoms with van der Waals surface area (Å²) >= 11 is 0. The van der Waals surface area contributed by atoms with E-state index >= 15 is 0 Å². The van der Waals surface area contributed by atoms with Crippen LogP contribution in [0, 0.1) is 0 Å². The maximum absolute atomic E-state index is 11.9. The Hall–Kier alpha value is -1.91. The van der Waals surface area contributed by atoms with E-state index in [4.69, 9.17) is 9.47 Å². The molecular formula is C12H14O5. The molecule has 1 rings (SSSR count). The molecule has 0 heterocycles. The van der Waals surface area contributed by atoms with Crippen molar-refractivity contribution >= 4 is 18.0 Å². The molecule has 1 aliphatic carbocycles. The van der Waals surface area contributed by atoms with Gasteiger partial charge in [0.05, 0.1) is 7.11 Å². The highest BCUT2D eigenvalue weighted by Gasteiger charge is 2.28. The minimum atomic E-state index is -0.453. The average molecular weight is 238 g/mol. The molecule has 0 fully saturated rings. The number of hydrogen-bond acceptors (Lipinski definition) is 5. The van der Waals surface area contributed by atoms with Gasteiger partial charge in [0.25, 0.3) is 6.47 Å². The van der Waals surface area contributed by atoms with Crippen LogP contribution in [0.25, 0.3) is 0 Å². The minimum absolute atomic E-state index is 0.0221. The number of ketones is 2. The molecule has 0 amide bonds. The maximum Gasteiger partial charge on any atom is 0.293 e. The van der Waals surface area contributed by atoms with E-state index in [0.717, 1.165) is 0 Å². The van der Waals surface area contributed by atoms with Gasteiger partial charge < -0.3 is 9.47 Å². The fourth-order valence-electron chi connectivity index (χ4n) is 1.59. The molecule has 0 saturated carbocycles. The summed E-state index contributed by atoms with van der Waals surface area (Å²) in [7, 11) is 1.33. The normalized spacial score (nSPS) is 17.7. The molecule has 0 aromatic heterocycles. The van der Waals surface area contributed by atoms with E-state index in [0.29, 0.717) is 17.6 Å². The second-order valence-corrected chi connectivity index (χ2v) is 3.76. The van der Waals surface area contributed by atoms with Gasteiger partial charge in [-0.2, -0.15) is 0 Å². The Labute approximate surface area is 99.1 Å². The first-order valence-corrected chi connectivity index (χ1v) is 5.14. The third-order valence-electron chi connectivity index (χ3n) is 2.58. The molecule has 0 saturated heterocycles. The molecule has 0 bridgehead atoms. The summed E-state index contributed by atoms with van der Waals surface area (Å²) in [5.74, 6) is -0.561. The fraction of sp³-hybridized carbons (Fsp3) is 0.417. The Morgan fingerprint density at radius 1 is 1.41 bits per heavy atom. The Kier molecular flexibility index (Phi) is 4.20. The number of allylic oxidation sites excluding steroid dienone is 3. The molecule has 0 aromatic rings. The molecule has 1 atom stereocenters. The van der Waals surface area contributed by atoms with Crippen LogP contribution in [0.3, 0.4) is 0 Å². The quantitative estimate of drug-likeness (QED) is 0.526. The van der Waals surface area contributed by atoms with E-state index in [2.05, 4.69) is 0 Å². The number of carbonyl (C=O) groups is 3. The van der Waals surface area contributed by atoms with Crippen LogP contribution in [0.2, 0.25) is 0 Å². The topological polar surface area (TPSA) is 69.7 Å². The molecule has 0 radical (unpaired) electrons. The summed E-state index contributed by atoms with van der Waals surface area (Å²) in [6, 6.07) is 0. The van der Waals surface area contributed by atoms with E-state index in [1.54, 1.807) is 13.8 Å². The van der Waals surface area contributed by atoms with Crippen LogP contribution in [0.15, 0.2) is 23.0 Å². The lowest BCUT2D eigenvalue weighted by Gasteiger charge is -2.18. The monoisotopic (exact) mass is 238 g/mol. The molecule has 0 spiro atoms. The molecule has 5 nitrogen and oxygen atoms in total. The summed E-state index contributed by atoms with van der Waals surface area (Å²) in [5, 5.41) is 0. The molecule has 17 heavy (non-hydrogen) atoms. The largest absolute Gasteiger partial charge is 0.493 e. The summed E-state index contributed by atoms with van der Waals surface area (Å²) < 4.78 is 9.55. The molecule has 0 unspecified atom stereocenters. The second kappa shape index (κ2) is 5.43. The van der Waals surface area contributed by atoms with Crippen LogP contribution in [0.1, 0.15) is 20.3 Å². The zero-order chi connectivity index (χ0) is 13.0. The van der Waals surface area contributed by atoms with Crippen molar-refractivity contribution in [2.75, 3.05) is 7.11 Å². The molecule has 92 valence electrons. The van der Waals surface area contributed by atoms with E-state index in [1.165, 1.54) is 13.2 Å². The zero-order valence-corrected chi connectivity index (χ0v) is 9.98. The van der Waals surface area contributed by atoms with Crippen molar-refractivity contribution < 1.29 is 23.9 Å². The molecule has 1 aliphatic rings. The highest BCUT2D eigenvalue weighted by atomic mass is 16.5. The average Bonchev–Trinajstić information content (AvgIpc) is 2.29. The predicted molar refractivity (Wildman–Crippen MR) is 59.0 cm³/mol. The Morgan fingerprint density at radius 3 is 2.59 bits per heavy atom. The number of carbonyl (C=O) groups excluding carboxylic acids is 3. The van der Waals surface area contributed by atoms with Crippen LogP contribution in [-0.2, 0) is 23.9 Å². The van der Waals surface area contributed by atoms with E-state index in [1.807, 2.05) is 0 Å². The van der Waals surface area contributed by atoms with Gasteiger partial charge in [-0.3, -0.25) is 14.4 Å². The maximum atomic E-state index is 11.9. The number of hydrogen-bond donors (Lipinski definition) is 0. The first kappa shape index (κ1) is 13.2. The van der Waals surface area contributed by atoms with Crippen molar-refractivity contribution in [1.82, 2.24) is 0 Å². The molecule has 0 aliphatic heterocycles. The number of Topliss-reactive ketones (excluding diaryl/α,β-unsaturated/α-hetero) is 1. The van der Waals surface area contributed by atoms with Crippen molar-refractivity contribution in [2.45, 2.75) is 26.4 Å². The zero-order valence-electron chi connectivity index (χ0n) is 9.98. The summed E-state index contributed by atoms with van der Waals surface area (Å²) in [5.41, 5.74) is 0.709. The fourth-order valence-corrected chi connectivity index (χ4v) is 1.59. The molecule has 0 N–H and O–H groups in total. The van der Waals surface area contributed by atoms with Crippen molar-refractivity contribution in [3.63, 3.8) is 0 Å². The van der Waals surface area contributed by atoms with Gasteiger partial charge in [-0.1, -0.05) is 0 Å². The Morgan fingerprint density at radius 2 is 2.06 bits per heavy atom. The van der Waals surface area contributed by atoms with E-state index in [-0.39, 0.29) is 23.7 Å². The van der Waals surface area contributed by atoms with Crippen LogP contribution in [0.5, 0.6) is 0 Å². The lowest BCUT2D eigenvalue weighted by atomic mass is 9.91. The molecule has 5 heteroatoms. The van der Waals surface area contributed by atoms with E-state index in [9.17, 15) is 14.4 Å². The van der Waals surface area contributed by atoms with Gasteiger partial charge in [-0.05, 0) is 13.8 Å². The third-order valence-corrected chi connectivity index (χ3v) is 2.58. The highest BCUT2D eigenvalue weighted by Crippen LogP contribution is 2.23. The summed E-state index contributed by atoms with van der Waals surface area (Å²) in [6.07, 6.45) is 0.924. The van der Waals surface area contributed by atoms with Gasteiger partial charge in [-0.15, -0.1) is 0 Å². The number of methoxy groups -OCH3 is 1. The Balaban J connectivity index is 2.95. The van der Waals surface area contributed by atoms with Crippen molar-refractivity contribution in [2.24, 2.45) is 0 Å². The number of rotatable bonds is 5. The van der Waals surface area contributed by atoms with Crippen LogP contribution in [-0.4, -0.2) is 31.3 Å². The van der Waals surface area contributed by atoms with Gasteiger partial charge >= 0.3 is 0 Å². The molecular weight excluding hydrogens is 224 g/mol. The van der Waals surface area contributed by atoms with Crippen LogP contribution < -0.4 is 0 Å². The van der Waals surface area contributed by atoms with Crippen molar-refractivity contribution in [3.05, 3.63) is 23.0 Å². The third kappa shape index (κ3) is 2.81. The highest BCUT2D eigenvalue weighted by molar-refractivity contribution is 6.21.